The van der Waals surface area contributed by atoms with Crippen LogP contribution in [0.25, 0.3) is 11.1 Å². The van der Waals surface area contributed by atoms with Crippen LogP contribution in [0.1, 0.15) is 11.3 Å². The van der Waals surface area contributed by atoms with E-state index in [9.17, 15) is 4.79 Å². The Bertz CT molecular complexity index is 645. The van der Waals surface area contributed by atoms with E-state index in [2.05, 4.69) is 21.8 Å². The molecule has 0 aliphatic carbocycles. The SMILES string of the molecule is CNCc1nn(C)cc1-c1ccc2c(c1)CC(=O)N2. The molecule has 0 saturated heterocycles. The second-order valence-corrected chi connectivity index (χ2v) is 4.79. The fraction of sp³-hybridized carbons (Fsp3) is 0.286. The van der Waals surface area contributed by atoms with Crippen LogP contribution in [0.15, 0.2) is 24.4 Å². The highest BCUT2D eigenvalue weighted by atomic mass is 16.1. The minimum absolute atomic E-state index is 0.0637. The summed E-state index contributed by atoms with van der Waals surface area (Å²) in [4.78, 5) is 11.4. The summed E-state index contributed by atoms with van der Waals surface area (Å²) in [6.45, 7) is 0.727. The van der Waals surface area contributed by atoms with E-state index in [-0.39, 0.29) is 5.91 Å². The van der Waals surface area contributed by atoms with Crippen LogP contribution < -0.4 is 10.6 Å². The molecule has 98 valence electrons. The van der Waals surface area contributed by atoms with Crippen molar-refractivity contribution in [3.63, 3.8) is 0 Å². The van der Waals surface area contributed by atoms with Gasteiger partial charge in [0, 0.05) is 31.0 Å². The van der Waals surface area contributed by atoms with Crippen molar-refractivity contribution in [2.75, 3.05) is 12.4 Å². The molecule has 1 aromatic heterocycles. The second-order valence-electron chi connectivity index (χ2n) is 4.79. The van der Waals surface area contributed by atoms with E-state index in [1.807, 2.05) is 37.1 Å². The molecule has 2 heterocycles. The van der Waals surface area contributed by atoms with Gasteiger partial charge >= 0.3 is 0 Å². The highest BCUT2D eigenvalue weighted by Crippen LogP contribution is 2.30. The first-order valence-electron chi connectivity index (χ1n) is 6.27. The molecule has 0 fully saturated rings. The highest BCUT2D eigenvalue weighted by Gasteiger charge is 2.19. The molecule has 19 heavy (non-hydrogen) atoms. The first-order valence-corrected chi connectivity index (χ1v) is 6.27. The van der Waals surface area contributed by atoms with E-state index < -0.39 is 0 Å². The Morgan fingerprint density at radius 2 is 2.32 bits per heavy atom. The number of carbonyl (C=O) groups is 1. The average molecular weight is 256 g/mol. The number of anilines is 1. The maximum atomic E-state index is 11.4. The van der Waals surface area contributed by atoms with Crippen LogP contribution in [-0.2, 0) is 24.8 Å². The fourth-order valence-electron chi connectivity index (χ4n) is 2.47. The molecule has 0 bridgehead atoms. The maximum absolute atomic E-state index is 11.4. The van der Waals surface area contributed by atoms with Gasteiger partial charge in [0.1, 0.15) is 0 Å². The van der Waals surface area contributed by atoms with Crippen molar-refractivity contribution >= 4 is 11.6 Å². The molecule has 1 aromatic carbocycles. The Kier molecular flexibility index (Phi) is 2.83. The number of rotatable bonds is 3. The van der Waals surface area contributed by atoms with Crippen LogP contribution in [0, 0.1) is 0 Å². The van der Waals surface area contributed by atoms with Crippen molar-refractivity contribution < 1.29 is 4.79 Å². The lowest BCUT2D eigenvalue weighted by Gasteiger charge is -2.04. The molecule has 0 spiro atoms. The van der Waals surface area contributed by atoms with Gasteiger partial charge in [-0.25, -0.2) is 0 Å². The van der Waals surface area contributed by atoms with Gasteiger partial charge in [0.15, 0.2) is 0 Å². The van der Waals surface area contributed by atoms with Gasteiger partial charge in [-0.3, -0.25) is 9.48 Å². The predicted octanol–water partition coefficient (Wildman–Crippen LogP) is 1.30. The van der Waals surface area contributed by atoms with E-state index in [4.69, 9.17) is 0 Å². The van der Waals surface area contributed by atoms with Crippen LogP contribution in [0.5, 0.6) is 0 Å². The number of nitrogens with one attached hydrogen (secondary N) is 2. The Hall–Kier alpha value is -2.14. The van der Waals surface area contributed by atoms with Gasteiger partial charge in [-0.2, -0.15) is 5.10 Å². The molecule has 1 aliphatic rings. The summed E-state index contributed by atoms with van der Waals surface area (Å²) in [5, 5.41) is 10.4. The topological polar surface area (TPSA) is 59.0 Å². The zero-order valence-corrected chi connectivity index (χ0v) is 11.0. The number of amides is 1. The van der Waals surface area contributed by atoms with Crippen LogP contribution in [0.3, 0.4) is 0 Å². The number of aryl methyl sites for hydroxylation is 1. The molecule has 5 nitrogen and oxygen atoms in total. The van der Waals surface area contributed by atoms with Crippen molar-refractivity contribution in [3.05, 3.63) is 35.7 Å². The Labute approximate surface area is 111 Å². The van der Waals surface area contributed by atoms with Crippen molar-refractivity contribution in [3.8, 4) is 11.1 Å². The van der Waals surface area contributed by atoms with E-state index in [0.29, 0.717) is 6.42 Å². The van der Waals surface area contributed by atoms with Crippen LogP contribution in [0.2, 0.25) is 0 Å². The molecule has 1 aliphatic heterocycles. The lowest BCUT2D eigenvalue weighted by molar-refractivity contribution is -0.115. The van der Waals surface area contributed by atoms with Crippen LogP contribution in [-0.4, -0.2) is 22.7 Å². The largest absolute Gasteiger partial charge is 0.326 e. The number of carbonyl (C=O) groups excluding carboxylic acids is 1. The lowest BCUT2D eigenvalue weighted by Crippen LogP contribution is -2.07. The molecule has 5 heteroatoms. The molecule has 0 unspecified atom stereocenters. The normalized spacial score (nSPS) is 13.5. The second kappa shape index (κ2) is 4.51. The number of hydrogen-bond donors (Lipinski definition) is 2. The van der Waals surface area contributed by atoms with Gasteiger partial charge in [0.05, 0.1) is 12.1 Å². The average Bonchev–Trinajstić information content (AvgIpc) is 2.90. The molecular formula is C14H16N4O. The van der Waals surface area contributed by atoms with Gasteiger partial charge in [0.2, 0.25) is 5.91 Å². The Morgan fingerprint density at radius 1 is 1.47 bits per heavy atom. The van der Waals surface area contributed by atoms with Gasteiger partial charge in [-0.15, -0.1) is 0 Å². The zero-order valence-electron chi connectivity index (χ0n) is 11.0. The molecule has 2 N–H and O–H groups in total. The summed E-state index contributed by atoms with van der Waals surface area (Å²) < 4.78 is 1.82. The maximum Gasteiger partial charge on any atom is 0.228 e. The molecular weight excluding hydrogens is 240 g/mol. The van der Waals surface area contributed by atoms with Gasteiger partial charge in [-0.1, -0.05) is 6.07 Å². The summed E-state index contributed by atoms with van der Waals surface area (Å²) in [6.07, 6.45) is 2.48. The third kappa shape index (κ3) is 2.13. The van der Waals surface area contributed by atoms with Crippen LogP contribution >= 0.6 is 0 Å². The summed E-state index contributed by atoms with van der Waals surface area (Å²) in [5.41, 5.74) is 5.21. The summed E-state index contributed by atoms with van der Waals surface area (Å²) in [5.74, 6) is 0.0637. The lowest BCUT2D eigenvalue weighted by atomic mass is 10.0. The van der Waals surface area contributed by atoms with Crippen molar-refractivity contribution in [2.45, 2.75) is 13.0 Å². The quantitative estimate of drug-likeness (QED) is 0.870. The van der Waals surface area contributed by atoms with Gasteiger partial charge in [-0.05, 0) is 30.3 Å². The summed E-state index contributed by atoms with van der Waals surface area (Å²) >= 11 is 0. The Morgan fingerprint density at radius 3 is 3.11 bits per heavy atom. The molecule has 0 saturated carbocycles. The fourth-order valence-corrected chi connectivity index (χ4v) is 2.47. The van der Waals surface area contributed by atoms with Crippen molar-refractivity contribution in [2.24, 2.45) is 7.05 Å². The number of fused-ring (bicyclic) bond motifs is 1. The van der Waals surface area contributed by atoms with E-state index in [1.165, 1.54) is 0 Å². The van der Waals surface area contributed by atoms with Crippen LogP contribution in [0.4, 0.5) is 5.69 Å². The van der Waals surface area contributed by atoms with Gasteiger partial charge < -0.3 is 10.6 Å². The zero-order chi connectivity index (χ0) is 13.4. The third-order valence-corrected chi connectivity index (χ3v) is 3.29. The first kappa shape index (κ1) is 11.9. The Balaban J connectivity index is 2.03. The monoisotopic (exact) mass is 256 g/mol. The smallest absolute Gasteiger partial charge is 0.228 e. The molecule has 3 rings (SSSR count). The number of aromatic nitrogens is 2. The standard InChI is InChI=1S/C14H16N4O/c1-15-7-13-11(8-18(2)17-13)9-3-4-12-10(5-9)6-14(19)16-12/h3-5,8,15H,6-7H2,1-2H3,(H,16,19). The predicted molar refractivity (Wildman–Crippen MR) is 73.7 cm³/mol. The minimum Gasteiger partial charge on any atom is -0.326 e. The number of nitrogens with zero attached hydrogens (tertiary/aromatic N) is 2. The van der Waals surface area contributed by atoms with E-state index in [0.717, 1.165) is 34.6 Å². The molecule has 1 amide bonds. The molecule has 2 aromatic rings. The van der Waals surface area contributed by atoms with Gasteiger partial charge in [0.25, 0.3) is 0 Å². The third-order valence-electron chi connectivity index (χ3n) is 3.29. The van der Waals surface area contributed by atoms with E-state index in [1.54, 1.807) is 0 Å². The first-order chi connectivity index (χ1) is 9.17. The van der Waals surface area contributed by atoms with Crippen molar-refractivity contribution in [1.82, 2.24) is 15.1 Å². The van der Waals surface area contributed by atoms with Crippen molar-refractivity contribution in [1.29, 1.82) is 0 Å². The van der Waals surface area contributed by atoms with E-state index >= 15 is 0 Å². The molecule has 0 atom stereocenters. The number of benzene rings is 1. The summed E-state index contributed by atoms with van der Waals surface area (Å²) in [6, 6.07) is 6.07. The molecule has 0 radical (unpaired) electrons. The highest BCUT2D eigenvalue weighted by molar-refractivity contribution is 5.99. The summed E-state index contributed by atoms with van der Waals surface area (Å²) in [7, 11) is 3.82. The number of hydrogen-bond acceptors (Lipinski definition) is 3. The minimum atomic E-state index is 0.0637.